The number of hydrogen-bond acceptors (Lipinski definition) is 2. The minimum Gasteiger partial charge on any atom is -1.00 e. The van der Waals surface area contributed by atoms with Crippen molar-refractivity contribution in [3.8, 4) is 0 Å². The summed E-state index contributed by atoms with van der Waals surface area (Å²) in [6.45, 7) is 6.58. The third-order valence-corrected chi connectivity index (χ3v) is 1.39. The topological polar surface area (TPSA) is 19.7 Å². The van der Waals surface area contributed by atoms with Crippen LogP contribution in [-0.2, 0) is 0 Å². The average molecular weight is 273 g/mol. The van der Waals surface area contributed by atoms with Gasteiger partial charge in [0.05, 0.1) is 0 Å². The maximum atomic E-state index is 3.18. The van der Waals surface area contributed by atoms with E-state index in [2.05, 4.69) is 45.3 Å². The van der Waals surface area contributed by atoms with Gasteiger partial charge in [-0.25, -0.2) is 0 Å². The molecule has 2 N–H and O–H groups in total. The van der Waals surface area contributed by atoms with Crippen LogP contribution in [0.1, 0.15) is 20.8 Å². The van der Waals surface area contributed by atoms with Crippen molar-refractivity contribution in [1.82, 2.24) is 10.4 Å². The lowest BCUT2D eigenvalue weighted by Gasteiger charge is -2.33. The van der Waals surface area contributed by atoms with Gasteiger partial charge in [0.1, 0.15) is 5.54 Å². The molecule has 0 radical (unpaired) electrons. The van der Waals surface area contributed by atoms with Gasteiger partial charge < -0.3 is 24.0 Å². The minimum absolute atomic E-state index is 0. The van der Waals surface area contributed by atoms with E-state index in [1.807, 2.05) is 7.05 Å². The Balaban J connectivity index is 0. The van der Waals surface area contributed by atoms with Crippen LogP contribution in [0.25, 0.3) is 0 Å². The standard InChI is InChI=1S/C7H19N3.HI/c1-7(2,3)10(8-4)9(5)6;/h8H,1-6H3;1H. The number of hydrogen-bond donors (Lipinski definition) is 2. The number of halogens is 1. The van der Waals surface area contributed by atoms with E-state index in [9.17, 15) is 0 Å². The summed E-state index contributed by atoms with van der Waals surface area (Å²) in [5.74, 6) is 0. The van der Waals surface area contributed by atoms with E-state index >= 15 is 0 Å². The quantitative estimate of drug-likeness (QED) is 0.399. The SMILES string of the molecule is CN[NH+](N(C)C)C(C)(C)C.[I-]. The molecule has 0 saturated carbocycles. The van der Waals surface area contributed by atoms with E-state index < -0.39 is 0 Å². The predicted octanol–water partition coefficient (Wildman–Crippen LogP) is -3.72. The van der Waals surface area contributed by atoms with Crippen molar-refractivity contribution in [2.45, 2.75) is 26.3 Å². The van der Waals surface area contributed by atoms with Crippen molar-refractivity contribution in [3.63, 3.8) is 0 Å². The molecule has 0 fully saturated rings. The zero-order valence-electron chi connectivity index (χ0n) is 8.33. The lowest BCUT2D eigenvalue weighted by atomic mass is 10.1. The summed E-state index contributed by atoms with van der Waals surface area (Å²) in [4.78, 5) is 0. The van der Waals surface area contributed by atoms with Crippen molar-refractivity contribution in [2.75, 3.05) is 21.1 Å². The van der Waals surface area contributed by atoms with Crippen molar-refractivity contribution in [2.24, 2.45) is 0 Å². The summed E-state index contributed by atoms with van der Waals surface area (Å²) in [7, 11) is 6.06. The number of nitrogens with zero attached hydrogens (tertiary/aromatic N) is 1. The van der Waals surface area contributed by atoms with E-state index in [1.165, 1.54) is 5.12 Å². The van der Waals surface area contributed by atoms with Gasteiger partial charge in [-0.15, -0.1) is 5.01 Å². The Hall–Kier alpha value is 0.610. The molecule has 4 heteroatoms. The van der Waals surface area contributed by atoms with Gasteiger partial charge in [0.15, 0.2) is 0 Å². The molecule has 0 rings (SSSR count). The Morgan fingerprint density at radius 1 is 1.18 bits per heavy atom. The molecule has 0 spiro atoms. The Morgan fingerprint density at radius 3 is 1.55 bits per heavy atom. The molecular weight excluding hydrogens is 253 g/mol. The first-order valence-corrected chi connectivity index (χ1v) is 3.62. The monoisotopic (exact) mass is 273 g/mol. The molecule has 0 amide bonds. The fraction of sp³-hybridized carbons (Fsp3) is 1.00. The Kier molecular flexibility index (Phi) is 6.81. The fourth-order valence-corrected chi connectivity index (χ4v) is 1.27. The highest BCUT2D eigenvalue weighted by molar-refractivity contribution is 4.52. The summed E-state index contributed by atoms with van der Waals surface area (Å²) in [5.41, 5.74) is 3.40. The molecule has 0 aliphatic heterocycles. The van der Waals surface area contributed by atoms with Crippen LogP contribution < -0.4 is 34.5 Å². The predicted molar refractivity (Wildman–Crippen MR) is 43.5 cm³/mol. The summed E-state index contributed by atoms with van der Waals surface area (Å²) in [5, 5.41) is 3.37. The van der Waals surface area contributed by atoms with E-state index in [4.69, 9.17) is 0 Å². The maximum absolute atomic E-state index is 3.18. The van der Waals surface area contributed by atoms with Gasteiger partial charge in [0, 0.05) is 21.1 Å². The lowest BCUT2D eigenvalue weighted by Crippen LogP contribution is -3.28. The smallest absolute Gasteiger partial charge is 0.125 e. The van der Waals surface area contributed by atoms with Crippen LogP contribution in [0.4, 0.5) is 0 Å². The van der Waals surface area contributed by atoms with Crippen molar-refractivity contribution in [1.29, 1.82) is 0 Å². The molecule has 3 nitrogen and oxygen atoms in total. The molecule has 0 aromatic carbocycles. The van der Waals surface area contributed by atoms with Gasteiger partial charge in [-0.2, -0.15) is 10.5 Å². The van der Waals surface area contributed by atoms with Gasteiger partial charge in [0.2, 0.25) is 0 Å². The molecule has 11 heavy (non-hydrogen) atoms. The second-order valence-corrected chi connectivity index (χ2v) is 3.74. The first-order valence-electron chi connectivity index (χ1n) is 3.62. The van der Waals surface area contributed by atoms with Crippen LogP contribution in [0.3, 0.4) is 0 Å². The first-order chi connectivity index (χ1) is 4.39. The highest BCUT2D eigenvalue weighted by atomic mass is 127. The van der Waals surface area contributed by atoms with Gasteiger partial charge in [-0.3, -0.25) is 0 Å². The van der Waals surface area contributed by atoms with Crippen LogP contribution in [0.15, 0.2) is 0 Å². The Labute approximate surface area is 87.1 Å². The van der Waals surface area contributed by atoms with E-state index in [0.29, 0.717) is 0 Å². The first kappa shape index (κ1) is 14.2. The third-order valence-electron chi connectivity index (χ3n) is 1.39. The van der Waals surface area contributed by atoms with Crippen LogP contribution in [0.5, 0.6) is 0 Å². The molecule has 0 saturated heterocycles. The van der Waals surface area contributed by atoms with Crippen LogP contribution >= 0.6 is 0 Å². The van der Waals surface area contributed by atoms with Crippen molar-refractivity contribution >= 4 is 0 Å². The largest absolute Gasteiger partial charge is 1.00 e. The Bertz CT molecular complexity index is 98.3. The van der Waals surface area contributed by atoms with Crippen molar-refractivity contribution < 1.29 is 29.1 Å². The molecule has 70 valence electrons. The van der Waals surface area contributed by atoms with Gasteiger partial charge >= 0.3 is 0 Å². The van der Waals surface area contributed by atoms with Crippen molar-refractivity contribution in [3.05, 3.63) is 0 Å². The maximum Gasteiger partial charge on any atom is 0.125 e. The van der Waals surface area contributed by atoms with Gasteiger partial charge in [-0.05, 0) is 20.8 Å². The summed E-state index contributed by atoms with van der Waals surface area (Å²) in [6, 6.07) is 0. The van der Waals surface area contributed by atoms with E-state index in [1.54, 1.807) is 0 Å². The normalized spacial score (nSPS) is 14.5. The average Bonchev–Trinajstić information content (AvgIpc) is 1.60. The summed E-state index contributed by atoms with van der Waals surface area (Å²) in [6.07, 6.45) is 0. The fourth-order valence-electron chi connectivity index (χ4n) is 1.27. The molecule has 0 heterocycles. The molecule has 0 aliphatic rings. The molecule has 0 aromatic rings. The molecular formula is C7H20IN3. The van der Waals surface area contributed by atoms with Gasteiger partial charge in [0.25, 0.3) is 0 Å². The highest BCUT2D eigenvalue weighted by Crippen LogP contribution is 1.90. The second-order valence-electron chi connectivity index (χ2n) is 3.74. The minimum atomic E-state index is 0. The highest BCUT2D eigenvalue weighted by Gasteiger charge is 2.26. The lowest BCUT2D eigenvalue weighted by molar-refractivity contribution is -1.08. The van der Waals surface area contributed by atoms with Crippen LogP contribution in [0.2, 0.25) is 0 Å². The van der Waals surface area contributed by atoms with Crippen LogP contribution in [-0.4, -0.2) is 31.7 Å². The third kappa shape index (κ3) is 4.95. The van der Waals surface area contributed by atoms with Crippen LogP contribution in [0, 0.1) is 0 Å². The summed E-state index contributed by atoms with van der Waals surface area (Å²) < 4.78 is 0. The number of rotatable bonds is 2. The molecule has 0 aliphatic carbocycles. The molecule has 1 unspecified atom stereocenters. The second kappa shape index (κ2) is 5.29. The molecule has 0 aromatic heterocycles. The summed E-state index contributed by atoms with van der Waals surface area (Å²) >= 11 is 0. The molecule has 0 bridgehead atoms. The van der Waals surface area contributed by atoms with Gasteiger partial charge in [-0.1, -0.05) is 0 Å². The van der Waals surface area contributed by atoms with E-state index in [0.717, 1.165) is 0 Å². The Morgan fingerprint density at radius 2 is 1.55 bits per heavy atom. The zero-order chi connectivity index (χ0) is 8.36. The van der Waals surface area contributed by atoms with E-state index in [-0.39, 0.29) is 29.5 Å². The zero-order valence-corrected chi connectivity index (χ0v) is 10.5. The number of quaternary nitrogens is 1. The number of nitrogens with one attached hydrogen (secondary N) is 2. The molecule has 1 atom stereocenters.